The summed E-state index contributed by atoms with van der Waals surface area (Å²) in [7, 11) is 0. The average Bonchev–Trinajstić information content (AvgIpc) is 1.85. The van der Waals surface area contributed by atoms with Crippen molar-refractivity contribution in [3.8, 4) is 0 Å². The number of hydrogen-bond donors (Lipinski definition) is 2. The smallest absolute Gasteiger partial charge is 0.246 e. The molecule has 0 aliphatic rings. The third kappa shape index (κ3) is 5.66. The van der Waals surface area contributed by atoms with Crippen LogP contribution in [-0.2, 0) is 4.79 Å². The number of halogens is 1. The zero-order chi connectivity index (χ0) is 9.94. The van der Waals surface area contributed by atoms with E-state index in [9.17, 15) is 4.79 Å². The van der Waals surface area contributed by atoms with Gasteiger partial charge in [-0.2, -0.15) is 0 Å². The van der Waals surface area contributed by atoms with E-state index in [-0.39, 0.29) is 24.4 Å². The van der Waals surface area contributed by atoms with Gasteiger partial charge in [-0.3, -0.25) is 4.79 Å². The first kappa shape index (κ1) is 15.0. The molecule has 0 aromatic heterocycles. The van der Waals surface area contributed by atoms with E-state index in [1.54, 1.807) is 6.92 Å². The van der Waals surface area contributed by atoms with Gasteiger partial charge < -0.3 is 11.1 Å². The van der Waals surface area contributed by atoms with E-state index in [1.807, 2.05) is 20.8 Å². The predicted octanol–water partition coefficient (Wildman–Crippen LogP) is 1.23. The molecule has 0 aliphatic heterocycles. The maximum atomic E-state index is 11.1. The maximum Gasteiger partial charge on any atom is 0.246 e. The lowest BCUT2D eigenvalue weighted by atomic mass is 9.97. The van der Waals surface area contributed by atoms with Gasteiger partial charge in [-0.1, -0.05) is 6.58 Å². The highest BCUT2D eigenvalue weighted by molar-refractivity contribution is 5.92. The molecule has 0 heterocycles. The molecule has 0 radical (unpaired) electrons. The first-order valence-electron chi connectivity index (χ1n) is 4.00. The van der Waals surface area contributed by atoms with E-state index in [0.717, 1.165) is 0 Å². The molecule has 0 bridgehead atoms. The number of nitrogens with two attached hydrogens (primary N) is 1. The normalized spacial score (nSPS) is 12.7. The van der Waals surface area contributed by atoms with Crippen molar-refractivity contribution in [3.63, 3.8) is 0 Å². The van der Waals surface area contributed by atoms with Crippen molar-refractivity contribution in [2.24, 2.45) is 5.73 Å². The van der Waals surface area contributed by atoms with Crippen molar-refractivity contribution < 1.29 is 4.79 Å². The zero-order valence-electron chi connectivity index (χ0n) is 8.68. The molecule has 1 amide bonds. The Morgan fingerprint density at radius 2 is 1.92 bits per heavy atom. The number of amides is 1. The molecule has 0 saturated carbocycles. The molecule has 4 heteroatoms. The molecular formula is C9H19ClN2O. The molecule has 78 valence electrons. The third-order valence-electron chi connectivity index (χ3n) is 1.85. The van der Waals surface area contributed by atoms with Gasteiger partial charge in [-0.05, 0) is 27.7 Å². The molecular weight excluding hydrogens is 188 g/mol. The average molecular weight is 207 g/mol. The Bertz CT molecular complexity index is 196. The first-order chi connectivity index (χ1) is 5.25. The summed E-state index contributed by atoms with van der Waals surface area (Å²) in [4.78, 5) is 11.1. The fourth-order valence-electron chi connectivity index (χ4n) is 0.506. The van der Waals surface area contributed by atoms with Crippen LogP contribution in [0.15, 0.2) is 12.2 Å². The van der Waals surface area contributed by atoms with Gasteiger partial charge in [0, 0.05) is 17.2 Å². The summed E-state index contributed by atoms with van der Waals surface area (Å²) in [5.74, 6) is -0.138. The quantitative estimate of drug-likeness (QED) is 0.683. The summed E-state index contributed by atoms with van der Waals surface area (Å²) in [6.07, 6.45) is 0. The molecule has 0 aromatic rings. The molecule has 0 aromatic carbocycles. The van der Waals surface area contributed by atoms with Crippen molar-refractivity contribution in [3.05, 3.63) is 12.2 Å². The summed E-state index contributed by atoms with van der Waals surface area (Å²) in [5, 5.41) is 2.76. The minimum absolute atomic E-state index is 0. The summed E-state index contributed by atoms with van der Waals surface area (Å²) in [6.45, 7) is 10.8. The van der Waals surface area contributed by atoms with E-state index in [4.69, 9.17) is 5.73 Å². The van der Waals surface area contributed by atoms with Crippen LogP contribution in [-0.4, -0.2) is 17.5 Å². The summed E-state index contributed by atoms with van der Waals surface area (Å²) in [6, 6.07) is -0.0540. The van der Waals surface area contributed by atoms with Crippen LogP contribution in [0.1, 0.15) is 27.7 Å². The summed E-state index contributed by atoms with van der Waals surface area (Å²) < 4.78 is 0. The van der Waals surface area contributed by atoms with Gasteiger partial charge in [0.2, 0.25) is 5.91 Å². The number of carbonyl (C=O) groups is 1. The second-order valence-electron chi connectivity index (χ2n) is 3.80. The molecule has 3 nitrogen and oxygen atoms in total. The van der Waals surface area contributed by atoms with Crippen LogP contribution in [0.2, 0.25) is 0 Å². The van der Waals surface area contributed by atoms with Gasteiger partial charge in [0.25, 0.3) is 0 Å². The maximum absolute atomic E-state index is 11.1. The number of nitrogens with one attached hydrogen (secondary N) is 1. The van der Waals surface area contributed by atoms with Gasteiger partial charge in [-0.25, -0.2) is 0 Å². The Morgan fingerprint density at radius 3 is 2.15 bits per heavy atom. The van der Waals surface area contributed by atoms with Crippen LogP contribution in [0.25, 0.3) is 0 Å². The molecule has 3 N–H and O–H groups in total. The standard InChI is InChI=1S/C9H18N2O.ClH/c1-6(2)8(12)11-7(3)9(4,5)10;/h7H,1,10H2,2-5H3,(H,11,12);1H. The van der Waals surface area contributed by atoms with E-state index < -0.39 is 5.54 Å². The molecule has 0 saturated heterocycles. The van der Waals surface area contributed by atoms with Crippen molar-refractivity contribution >= 4 is 18.3 Å². The van der Waals surface area contributed by atoms with Crippen molar-refractivity contribution in [1.29, 1.82) is 0 Å². The van der Waals surface area contributed by atoms with Crippen LogP contribution in [0.3, 0.4) is 0 Å². The number of carbonyl (C=O) groups excluding carboxylic acids is 1. The Morgan fingerprint density at radius 1 is 1.54 bits per heavy atom. The first-order valence-corrected chi connectivity index (χ1v) is 4.00. The molecule has 0 fully saturated rings. The van der Waals surface area contributed by atoms with Crippen LogP contribution < -0.4 is 11.1 Å². The lowest BCUT2D eigenvalue weighted by molar-refractivity contribution is -0.118. The Labute approximate surface area is 86.2 Å². The van der Waals surface area contributed by atoms with Crippen LogP contribution in [0.5, 0.6) is 0 Å². The zero-order valence-corrected chi connectivity index (χ0v) is 9.49. The van der Waals surface area contributed by atoms with Gasteiger partial charge in [0.15, 0.2) is 0 Å². The van der Waals surface area contributed by atoms with E-state index in [1.165, 1.54) is 0 Å². The van der Waals surface area contributed by atoms with Crippen LogP contribution >= 0.6 is 12.4 Å². The van der Waals surface area contributed by atoms with E-state index in [2.05, 4.69) is 11.9 Å². The SMILES string of the molecule is C=C(C)C(=O)NC(C)C(C)(C)N.Cl. The largest absolute Gasteiger partial charge is 0.348 e. The fraction of sp³-hybridized carbons (Fsp3) is 0.667. The van der Waals surface area contributed by atoms with Crippen molar-refractivity contribution in [2.45, 2.75) is 39.3 Å². The second kappa shape index (κ2) is 5.25. The molecule has 13 heavy (non-hydrogen) atoms. The topological polar surface area (TPSA) is 55.1 Å². The minimum atomic E-state index is -0.398. The molecule has 0 spiro atoms. The highest BCUT2D eigenvalue weighted by Crippen LogP contribution is 2.04. The van der Waals surface area contributed by atoms with Gasteiger partial charge in [0.1, 0.15) is 0 Å². The minimum Gasteiger partial charge on any atom is -0.348 e. The van der Waals surface area contributed by atoms with Crippen LogP contribution in [0.4, 0.5) is 0 Å². The van der Waals surface area contributed by atoms with E-state index >= 15 is 0 Å². The Kier molecular flexibility index (Phi) is 6.04. The highest BCUT2D eigenvalue weighted by Gasteiger charge is 2.21. The monoisotopic (exact) mass is 206 g/mol. The summed E-state index contributed by atoms with van der Waals surface area (Å²) >= 11 is 0. The lowest BCUT2D eigenvalue weighted by Gasteiger charge is -2.27. The van der Waals surface area contributed by atoms with Crippen molar-refractivity contribution in [2.75, 3.05) is 0 Å². The summed E-state index contributed by atoms with van der Waals surface area (Å²) in [5.41, 5.74) is 5.89. The van der Waals surface area contributed by atoms with Gasteiger partial charge in [-0.15, -0.1) is 12.4 Å². The lowest BCUT2D eigenvalue weighted by Crippen LogP contribution is -2.53. The van der Waals surface area contributed by atoms with Crippen LogP contribution in [0, 0.1) is 0 Å². The second-order valence-corrected chi connectivity index (χ2v) is 3.80. The molecule has 0 aliphatic carbocycles. The fourth-order valence-corrected chi connectivity index (χ4v) is 0.506. The highest BCUT2D eigenvalue weighted by atomic mass is 35.5. The Hall–Kier alpha value is -0.540. The third-order valence-corrected chi connectivity index (χ3v) is 1.85. The number of rotatable bonds is 3. The van der Waals surface area contributed by atoms with Gasteiger partial charge in [0.05, 0.1) is 0 Å². The molecule has 1 unspecified atom stereocenters. The van der Waals surface area contributed by atoms with Crippen molar-refractivity contribution in [1.82, 2.24) is 5.32 Å². The number of hydrogen-bond acceptors (Lipinski definition) is 2. The molecule has 0 rings (SSSR count). The van der Waals surface area contributed by atoms with Gasteiger partial charge >= 0.3 is 0 Å². The predicted molar refractivity (Wildman–Crippen MR) is 57.9 cm³/mol. The Balaban J connectivity index is 0. The molecule has 1 atom stereocenters. The van der Waals surface area contributed by atoms with E-state index in [0.29, 0.717) is 5.57 Å².